The van der Waals surface area contributed by atoms with E-state index in [4.69, 9.17) is 9.47 Å². The maximum absolute atomic E-state index is 13.1. The normalized spacial score (nSPS) is 11.8. The summed E-state index contributed by atoms with van der Waals surface area (Å²) in [5.74, 6) is 0.464. The Balaban J connectivity index is 1.80. The van der Waals surface area contributed by atoms with Gasteiger partial charge in [0.2, 0.25) is 15.9 Å². The Hall–Kier alpha value is -2.46. The average molecular weight is 520 g/mol. The van der Waals surface area contributed by atoms with Crippen LogP contribution in [0.4, 0.5) is 0 Å². The number of amides is 1. The predicted molar refractivity (Wildman–Crippen MR) is 143 cm³/mol. The lowest BCUT2D eigenvalue weighted by Crippen LogP contribution is -2.33. The van der Waals surface area contributed by atoms with E-state index < -0.39 is 10.0 Å². The molecule has 0 unspecified atom stereocenters. The summed E-state index contributed by atoms with van der Waals surface area (Å²) < 4.78 is 38.1. The number of sulfonamides is 1. The molecule has 0 saturated carbocycles. The van der Waals surface area contributed by atoms with E-state index in [0.717, 1.165) is 24.9 Å². The first-order valence-electron chi connectivity index (χ1n) is 12.1. The average Bonchev–Trinajstić information content (AvgIpc) is 2.81. The summed E-state index contributed by atoms with van der Waals surface area (Å²) in [5, 5.41) is 0. The van der Waals surface area contributed by atoms with Crippen LogP contribution in [-0.4, -0.2) is 90.0 Å². The monoisotopic (exact) mass is 519 g/mol. The summed E-state index contributed by atoms with van der Waals surface area (Å²) in [7, 11) is 5.25. The third-order valence-electron chi connectivity index (χ3n) is 6.05. The van der Waals surface area contributed by atoms with Crippen LogP contribution in [0, 0.1) is 13.8 Å². The van der Waals surface area contributed by atoms with E-state index in [1.54, 1.807) is 45.0 Å². The van der Waals surface area contributed by atoms with Gasteiger partial charge in [0.1, 0.15) is 12.4 Å². The van der Waals surface area contributed by atoms with Crippen LogP contribution in [0.25, 0.3) is 0 Å². The standard InChI is InChI=1S/C27H41N3O5S/c1-21-17-25(34-7)18-22(2)27(21)36(32,33)30(6)15-16-35-20-26(31)29(5)19-24-12-10-23(11-13-24)9-8-14-28(3)4/h10-13,17-18H,8-9,14-16,19-20H2,1-7H3. The van der Waals surface area contributed by atoms with E-state index in [1.165, 1.54) is 16.9 Å². The molecule has 0 atom stereocenters. The summed E-state index contributed by atoms with van der Waals surface area (Å²) in [6.07, 6.45) is 2.14. The topological polar surface area (TPSA) is 79.4 Å². The quantitative estimate of drug-likeness (QED) is 0.357. The van der Waals surface area contributed by atoms with Crippen molar-refractivity contribution < 1.29 is 22.7 Å². The van der Waals surface area contributed by atoms with Crippen molar-refractivity contribution in [3.8, 4) is 5.75 Å². The van der Waals surface area contributed by atoms with Crippen LogP contribution < -0.4 is 4.74 Å². The molecule has 0 N–H and O–H groups in total. The molecule has 8 nitrogen and oxygen atoms in total. The molecule has 0 heterocycles. The van der Waals surface area contributed by atoms with Crippen LogP contribution in [0.3, 0.4) is 0 Å². The smallest absolute Gasteiger partial charge is 0.248 e. The van der Waals surface area contributed by atoms with Crippen LogP contribution in [0.5, 0.6) is 5.75 Å². The molecule has 0 aliphatic heterocycles. The second-order valence-electron chi connectivity index (χ2n) is 9.44. The number of carbonyl (C=O) groups excluding carboxylic acids is 1. The molecule has 0 spiro atoms. The third-order valence-corrected chi connectivity index (χ3v) is 8.22. The van der Waals surface area contributed by atoms with Crippen molar-refractivity contribution in [3.63, 3.8) is 0 Å². The fraction of sp³-hybridized carbons (Fsp3) is 0.519. The van der Waals surface area contributed by atoms with Gasteiger partial charge in [0.25, 0.3) is 0 Å². The van der Waals surface area contributed by atoms with Crippen molar-refractivity contribution in [1.29, 1.82) is 0 Å². The largest absolute Gasteiger partial charge is 0.497 e. The van der Waals surface area contributed by atoms with Gasteiger partial charge in [0.05, 0.1) is 18.6 Å². The molecule has 0 bridgehead atoms. The molecule has 0 aromatic heterocycles. The van der Waals surface area contributed by atoms with E-state index >= 15 is 0 Å². The van der Waals surface area contributed by atoms with Crippen LogP contribution in [0.15, 0.2) is 41.3 Å². The molecule has 9 heteroatoms. The molecule has 200 valence electrons. The summed E-state index contributed by atoms with van der Waals surface area (Å²) in [6.45, 7) is 5.20. The minimum atomic E-state index is -3.70. The van der Waals surface area contributed by atoms with Crippen LogP contribution >= 0.6 is 0 Å². The first-order chi connectivity index (χ1) is 16.9. The number of carbonyl (C=O) groups is 1. The van der Waals surface area contributed by atoms with Crippen molar-refractivity contribution in [2.24, 2.45) is 0 Å². The second-order valence-corrected chi connectivity index (χ2v) is 11.4. The van der Waals surface area contributed by atoms with Gasteiger partial charge in [-0.1, -0.05) is 24.3 Å². The van der Waals surface area contributed by atoms with Crippen molar-refractivity contribution in [2.75, 3.05) is 61.6 Å². The number of likely N-dealkylation sites (N-methyl/N-ethyl adjacent to an activating group) is 2. The van der Waals surface area contributed by atoms with Gasteiger partial charge in [-0.25, -0.2) is 8.42 Å². The fourth-order valence-electron chi connectivity index (χ4n) is 3.95. The lowest BCUT2D eigenvalue weighted by Gasteiger charge is -2.21. The van der Waals surface area contributed by atoms with Crippen molar-refractivity contribution in [3.05, 3.63) is 58.7 Å². The van der Waals surface area contributed by atoms with Crippen molar-refractivity contribution in [2.45, 2.75) is 38.1 Å². The van der Waals surface area contributed by atoms with Gasteiger partial charge < -0.3 is 19.3 Å². The molecular weight excluding hydrogens is 478 g/mol. The number of nitrogens with zero attached hydrogens (tertiary/aromatic N) is 3. The Morgan fingerprint density at radius 2 is 1.50 bits per heavy atom. The Bertz CT molecular complexity index is 1080. The van der Waals surface area contributed by atoms with Crippen molar-refractivity contribution >= 4 is 15.9 Å². The molecule has 2 aromatic rings. The molecule has 0 radical (unpaired) electrons. The molecule has 36 heavy (non-hydrogen) atoms. The summed E-state index contributed by atoms with van der Waals surface area (Å²) in [5.41, 5.74) is 3.59. The third kappa shape index (κ3) is 8.58. The fourth-order valence-corrected chi connectivity index (χ4v) is 5.51. The highest BCUT2D eigenvalue weighted by Gasteiger charge is 2.25. The molecule has 1 amide bonds. The summed E-state index contributed by atoms with van der Waals surface area (Å²) in [4.78, 5) is 16.5. The van der Waals surface area contributed by atoms with E-state index in [0.29, 0.717) is 23.4 Å². The Labute approximate surface area is 216 Å². The number of hydrogen-bond acceptors (Lipinski definition) is 6. The number of rotatable bonds is 14. The van der Waals surface area contributed by atoms with E-state index in [9.17, 15) is 13.2 Å². The number of hydrogen-bond donors (Lipinski definition) is 0. The van der Waals surface area contributed by atoms with Gasteiger partial charge in [-0.05, 0) is 81.7 Å². The molecule has 2 aromatic carbocycles. The molecule has 0 fully saturated rings. The lowest BCUT2D eigenvalue weighted by atomic mass is 10.1. The maximum Gasteiger partial charge on any atom is 0.248 e. The van der Waals surface area contributed by atoms with E-state index in [1.807, 2.05) is 0 Å². The zero-order chi connectivity index (χ0) is 26.9. The highest BCUT2D eigenvalue weighted by Crippen LogP contribution is 2.27. The summed E-state index contributed by atoms with van der Waals surface area (Å²) >= 11 is 0. The number of benzene rings is 2. The van der Waals surface area contributed by atoms with Gasteiger partial charge in [-0.3, -0.25) is 4.79 Å². The zero-order valence-electron chi connectivity index (χ0n) is 22.7. The van der Waals surface area contributed by atoms with Gasteiger partial charge >= 0.3 is 0 Å². The number of aryl methyl sites for hydroxylation is 3. The summed E-state index contributed by atoms with van der Waals surface area (Å²) in [6, 6.07) is 11.7. The Morgan fingerprint density at radius 3 is 2.06 bits per heavy atom. The predicted octanol–water partition coefficient (Wildman–Crippen LogP) is 3.10. The number of methoxy groups -OCH3 is 1. The van der Waals surface area contributed by atoms with Gasteiger partial charge in [0, 0.05) is 27.2 Å². The first-order valence-corrected chi connectivity index (χ1v) is 13.6. The van der Waals surface area contributed by atoms with Crippen molar-refractivity contribution in [1.82, 2.24) is 14.1 Å². The maximum atomic E-state index is 13.1. The zero-order valence-corrected chi connectivity index (χ0v) is 23.5. The number of ether oxygens (including phenoxy) is 2. The minimum absolute atomic E-state index is 0.104. The highest BCUT2D eigenvalue weighted by molar-refractivity contribution is 7.89. The molecule has 2 rings (SSSR count). The van der Waals surface area contributed by atoms with E-state index in [2.05, 4.69) is 43.3 Å². The first kappa shape index (κ1) is 29.8. The Kier molecular flexibility index (Phi) is 11.4. The SMILES string of the molecule is COc1cc(C)c(S(=O)(=O)N(C)CCOCC(=O)N(C)Cc2ccc(CCCN(C)C)cc2)c(C)c1. The molecule has 0 aliphatic rings. The lowest BCUT2D eigenvalue weighted by molar-refractivity contribution is -0.135. The molecular formula is C27H41N3O5S. The van der Waals surface area contributed by atoms with Crippen LogP contribution in [0.2, 0.25) is 0 Å². The minimum Gasteiger partial charge on any atom is -0.497 e. The van der Waals surface area contributed by atoms with Gasteiger partial charge in [-0.2, -0.15) is 4.31 Å². The van der Waals surface area contributed by atoms with Crippen LogP contribution in [-0.2, 0) is 32.5 Å². The highest BCUT2D eigenvalue weighted by atomic mass is 32.2. The van der Waals surface area contributed by atoms with E-state index in [-0.39, 0.29) is 30.6 Å². The Morgan fingerprint density at radius 1 is 0.917 bits per heavy atom. The molecule has 0 saturated heterocycles. The second kappa shape index (κ2) is 13.7. The van der Waals surface area contributed by atoms with Gasteiger partial charge in [-0.15, -0.1) is 0 Å². The van der Waals surface area contributed by atoms with Gasteiger partial charge in [0.15, 0.2) is 0 Å². The van der Waals surface area contributed by atoms with Crippen LogP contribution in [0.1, 0.15) is 28.7 Å². The molecule has 0 aliphatic carbocycles.